The maximum Gasteiger partial charge on any atom is 0.227 e. The number of likely N-dealkylation sites (tertiary alicyclic amines) is 1. The monoisotopic (exact) mass is 212 g/mol. The zero-order valence-electron chi connectivity index (χ0n) is 9.28. The Morgan fingerprint density at radius 3 is 2.53 bits per heavy atom. The predicted octanol–water partition coefficient (Wildman–Crippen LogP) is 0.0971. The van der Waals surface area contributed by atoms with Gasteiger partial charge in [-0.05, 0) is 19.8 Å². The van der Waals surface area contributed by atoms with Crippen LogP contribution in [0.5, 0.6) is 0 Å². The molecule has 0 radical (unpaired) electrons. The smallest absolute Gasteiger partial charge is 0.227 e. The molecule has 1 aliphatic carbocycles. The van der Waals surface area contributed by atoms with Gasteiger partial charge in [0.05, 0.1) is 24.6 Å². The highest BCUT2D eigenvalue weighted by atomic mass is 16.3. The molecule has 0 spiro atoms. The van der Waals surface area contributed by atoms with Gasteiger partial charge < -0.3 is 15.7 Å². The molecule has 2 atom stereocenters. The van der Waals surface area contributed by atoms with Gasteiger partial charge in [-0.25, -0.2) is 0 Å². The molecule has 15 heavy (non-hydrogen) atoms. The largest absolute Gasteiger partial charge is 0.386 e. The van der Waals surface area contributed by atoms with Crippen molar-refractivity contribution in [2.24, 2.45) is 11.7 Å². The Hall–Kier alpha value is -0.610. The molecule has 2 aliphatic rings. The third-order valence-corrected chi connectivity index (χ3v) is 3.51. The quantitative estimate of drug-likeness (QED) is 0.647. The van der Waals surface area contributed by atoms with Gasteiger partial charge in [-0.15, -0.1) is 0 Å². The van der Waals surface area contributed by atoms with Crippen molar-refractivity contribution in [1.29, 1.82) is 0 Å². The standard InChI is InChI=1S/C11H20N2O2/c1-11(15)6-13(7-11)10(14)8-4-2-3-5-9(8)12/h8-9,15H,2-7,12H2,1H3. The van der Waals surface area contributed by atoms with E-state index in [1.54, 1.807) is 11.8 Å². The van der Waals surface area contributed by atoms with Crippen LogP contribution >= 0.6 is 0 Å². The van der Waals surface area contributed by atoms with Crippen molar-refractivity contribution in [3.8, 4) is 0 Å². The van der Waals surface area contributed by atoms with E-state index in [0.717, 1.165) is 25.7 Å². The summed E-state index contributed by atoms with van der Waals surface area (Å²) in [5, 5.41) is 9.57. The minimum Gasteiger partial charge on any atom is -0.386 e. The highest BCUT2D eigenvalue weighted by Gasteiger charge is 2.42. The summed E-state index contributed by atoms with van der Waals surface area (Å²) in [6, 6.07) is 0.0248. The number of amides is 1. The molecule has 1 heterocycles. The molecule has 1 saturated carbocycles. The molecule has 3 N–H and O–H groups in total. The fourth-order valence-electron chi connectivity index (χ4n) is 2.63. The fourth-order valence-corrected chi connectivity index (χ4v) is 2.63. The normalized spacial score (nSPS) is 34.7. The number of hydrogen-bond acceptors (Lipinski definition) is 3. The Bertz CT molecular complexity index is 257. The Balaban J connectivity index is 1.91. The first-order valence-electron chi connectivity index (χ1n) is 5.76. The van der Waals surface area contributed by atoms with E-state index in [4.69, 9.17) is 5.73 Å². The van der Waals surface area contributed by atoms with Crippen molar-refractivity contribution in [2.45, 2.75) is 44.2 Å². The van der Waals surface area contributed by atoms with Crippen molar-refractivity contribution in [3.05, 3.63) is 0 Å². The van der Waals surface area contributed by atoms with Crippen LogP contribution in [0.1, 0.15) is 32.6 Å². The Labute approximate surface area is 90.4 Å². The first-order chi connectivity index (χ1) is 6.99. The topological polar surface area (TPSA) is 66.6 Å². The van der Waals surface area contributed by atoms with E-state index >= 15 is 0 Å². The second kappa shape index (κ2) is 3.76. The lowest BCUT2D eigenvalue weighted by Gasteiger charge is -2.46. The molecule has 1 aliphatic heterocycles. The van der Waals surface area contributed by atoms with E-state index in [2.05, 4.69) is 0 Å². The summed E-state index contributed by atoms with van der Waals surface area (Å²) in [4.78, 5) is 13.7. The van der Waals surface area contributed by atoms with Gasteiger partial charge in [-0.3, -0.25) is 4.79 Å². The molecule has 2 unspecified atom stereocenters. The summed E-state index contributed by atoms with van der Waals surface area (Å²) in [6.07, 6.45) is 4.12. The maximum absolute atomic E-state index is 12.0. The van der Waals surface area contributed by atoms with E-state index in [1.807, 2.05) is 0 Å². The number of carbonyl (C=O) groups is 1. The van der Waals surface area contributed by atoms with Crippen molar-refractivity contribution >= 4 is 5.91 Å². The summed E-state index contributed by atoms with van der Waals surface area (Å²) in [5.41, 5.74) is 5.28. The lowest BCUT2D eigenvalue weighted by atomic mass is 9.82. The van der Waals surface area contributed by atoms with Gasteiger partial charge in [0.1, 0.15) is 0 Å². The molecule has 0 bridgehead atoms. The molecule has 0 aromatic heterocycles. The van der Waals surface area contributed by atoms with Crippen LogP contribution in [-0.2, 0) is 4.79 Å². The van der Waals surface area contributed by atoms with Crippen LogP contribution in [0.25, 0.3) is 0 Å². The van der Waals surface area contributed by atoms with Crippen LogP contribution in [0.4, 0.5) is 0 Å². The summed E-state index contributed by atoms with van der Waals surface area (Å²) >= 11 is 0. The molecule has 2 rings (SSSR count). The molecule has 4 nitrogen and oxygen atoms in total. The summed E-state index contributed by atoms with van der Waals surface area (Å²) in [5.74, 6) is 0.142. The van der Waals surface area contributed by atoms with Gasteiger partial charge in [0.15, 0.2) is 0 Å². The zero-order valence-corrected chi connectivity index (χ0v) is 9.28. The molecule has 0 aromatic carbocycles. The molecule has 86 valence electrons. The molecular formula is C11H20N2O2. The third-order valence-electron chi connectivity index (χ3n) is 3.51. The lowest BCUT2D eigenvalue weighted by molar-refractivity contribution is -0.158. The number of β-amino-alcohol motifs (C(OH)–C–C–N with tert-alkyl or cyclic N) is 1. The predicted molar refractivity (Wildman–Crippen MR) is 57.1 cm³/mol. The number of nitrogens with two attached hydrogens (primary N) is 1. The summed E-state index contributed by atoms with van der Waals surface area (Å²) in [7, 11) is 0. The van der Waals surface area contributed by atoms with Crippen molar-refractivity contribution in [3.63, 3.8) is 0 Å². The van der Waals surface area contributed by atoms with Gasteiger partial charge in [-0.2, -0.15) is 0 Å². The van der Waals surface area contributed by atoms with Crippen molar-refractivity contribution < 1.29 is 9.90 Å². The molecule has 1 saturated heterocycles. The highest BCUT2D eigenvalue weighted by Crippen LogP contribution is 2.28. The van der Waals surface area contributed by atoms with Gasteiger partial charge >= 0.3 is 0 Å². The minimum absolute atomic E-state index is 0.00477. The highest BCUT2D eigenvalue weighted by molar-refractivity contribution is 5.80. The number of hydrogen-bond donors (Lipinski definition) is 2. The van der Waals surface area contributed by atoms with Crippen molar-refractivity contribution in [2.75, 3.05) is 13.1 Å². The van der Waals surface area contributed by atoms with Crippen LogP contribution in [0, 0.1) is 5.92 Å². The molecule has 1 amide bonds. The Morgan fingerprint density at radius 2 is 2.00 bits per heavy atom. The van der Waals surface area contributed by atoms with Crippen LogP contribution in [0.3, 0.4) is 0 Å². The van der Waals surface area contributed by atoms with Gasteiger partial charge in [0.2, 0.25) is 5.91 Å². The summed E-state index contributed by atoms with van der Waals surface area (Å²) < 4.78 is 0. The van der Waals surface area contributed by atoms with Gasteiger partial charge in [-0.1, -0.05) is 12.8 Å². The fraction of sp³-hybridized carbons (Fsp3) is 0.909. The lowest BCUT2D eigenvalue weighted by Crippen LogP contribution is -2.64. The van der Waals surface area contributed by atoms with Gasteiger partial charge in [0, 0.05) is 6.04 Å². The van der Waals surface area contributed by atoms with Crippen LogP contribution in [0.15, 0.2) is 0 Å². The van der Waals surface area contributed by atoms with Crippen LogP contribution < -0.4 is 5.73 Å². The first-order valence-corrected chi connectivity index (χ1v) is 5.76. The molecule has 2 fully saturated rings. The number of nitrogens with zero attached hydrogens (tertiary/aromatic N) is 1. The molecule has 4 heteroatoms. The van der Waals surface area contributed by atoms with Crippen LogP contribution in [-0.4, -0.2) is 40.6 Å². The number of rotatable bonds is 1. The molecule has 0 aromatic rings. The molecular weight excluding hydrogens is 192 g/mol. The van der Waals surface area contributed by atoms with Gasteiger partial charge in [0.25, 0.3) is 0 Å². The SMILES string of the molecule is CC1(O)CN(C(=O)C2CCCCC2N)C1. The van der Waals surface area contributed by atoms with E-state index in [-0.39, 0.29) is 17.9 Å². The second-order valence-electron chi connectivity index (χ2n) is 5.25. The van der Waals surface area contributed by atoms with E-state index in [9.17, 15) is 9.90 Å². The first kappa shape index (κ1) is 10.9. The van der Waals surface area contributed by atoms with Crippen molar-refractivity contribution in [1.82, 2.24) is 4.90 Å². The minimum atomic E-state index is -0.672. The number of carbonyl (C=O) groups excluding carboxylic acids is 1. The van der Waals surface area contributed by atoms with Crippen LogP contribution in [0.2, 0.25) is 0 Å². The average Bonchev–Trinajstić information content (AvgIpc) is 2.14. The summed E-state index contributed by atoms with van der Waals surface area (Å²) in [6.45, 7) is 2.70. The number of aliphatic hydroxyl groups is 1. The second-order valence-corrected chi connectivity index (χ2v) is 5.25. The van der Waals surface area contributed by atoms with E-state index in [1.165, 1.54) is 0 Å². The van der Waals surface area contributed by atoms with E-state index < -0.39 is 5.60 Å². The maximum atomic E-state index is 12.0. The third kappa shape index (κ3) is 2.16. The Morgan fingerprint density at radius 1 is 1.40 bits per heavy atom. The Kier molecular flexibility index (Phi) is 2.73. The van der Waals surface area contributed by atoms with E-state index in [0.29, 0.717) is 13.1 Å². The zero-order chi connectivity index (χ0) is 11.1. The average molecular weight is 212 g/mol.